The number of aromatic amines is 1. The van der Waals surface area contributed by atoms with Crippen molar-refractivity contribution >= 4 is 22.7 Å². The van der Waals surface area contributed by atoms with E-state index in [2.05, 4.69) is 10.3 Å². The van der Waals surface area contributed by atoms with Gasteiger partial charge in [0.05, 0.1) is 7.11 Å². The van der Waals surface area contributed by atoms with Crippen LogP contribution < -0.4 is 20.5 Å². The van der Waals surface area contributed by atoms with Gasteiger partial charge < -0.3 is 25.5 Å². The molecule has 0 aliphatic rings. The number of H-pyrrole nitrogens is 1. The SMILES string of the molecule is COc1cc(CNC(=O)CCc2c(-c3ccc(F)cc3)[nH]c3ccccc23)ccc1OCC(N)=O. The van der Waals surface area contributed by atoms with Crippen LogP contribution in [0.1, 0.15) is 17.5 Å². The van der Waals surface area contributed by atoms with Crippen LogP contribution in [-0.2, 0) is 22.6 Å². The lowest BCUT2D eigenvalue weighted by atomic mass is 10.0. The van der Waals surface area contributed by atoms with Crippen LogP contribution in [0.25, 0.3) is 22.2 Å². The van der Waals surface area contributed by atoms with E-state index >= 15 is 0 Å². The molecule has 0 fully saturated rings. The van der Waals surface area contributed by atoms with Crippen molar-refractivity contribution in [2.24, 2.45) is 5.73 Å². The monoisotopic (exact) mass is 475 g/mol. The number of carbonyl (C=O) groups is 2. The third-order valence-electron chi connectivity index (χ3n) is 5.64. The molecular weight excluding hydrogens is 449 g/mol. The Morgan fingerprint density at radius 3 is 2.54 bits per heavy atom. The van der Waals surface area contributed by atoms with Gasteiger partial charge >= 0.3 is 0 Å². The number of amides is 2. The highest BCUT2D eigenvalue weighted by Crippen LogP contribution is 2.31. The minimum atomic E-state index is -0.582. The standard InChI is InChI=1S/C27H26FN3O4/c1-34-24-14-17(6-12-23(24)35-16-25(29)32)15-30-26(33)13-11-21-20-4-2-3-5-22(20)31-27(21)18-7-9-19(28)10-8-18/h2-10,12,14,31H,11,13,15-16H2,1H3,(H2,29,32)(H,30,33). The zero-order chi connectivity index (χ0) is 24.8. The van der Waals surface area contributed by atoms with Crippen LogP contribution in [0.15, 0.2) is 66.7 Å². The van der Waals surface area contributed by atoms with E-state index < -0.39 is 5.91 Å². The number of carbonyl (C=O) groups excluding carboxylic acids is 2. The number of benzene rings is 3. The van der Waals surface area contributed by atoms with Crippen LogP contribution in [0.3, 0.4) is 0 Å². The number of methoxy groups -OCH3 is 1. The molecule has 2 amide bonds. The Balaban J connectivity index is 1.43. The molecule has 4 aromatic rings. The largest absolute Gasteiger partial charge is 0.493 e. The first-order valence-electron chi connectivity index (χ1n) is 11.1. The van der Waals surface area contributed by atoms with E-state index in [9.17, 15) is 14.0 Å². The Hall–Kier alpha value is -4.33. The second-order valence-electron chi connectivity index (χ2n) is 8.05. The number of primary amides is 1. The van der Waals surface area contributed by atoms with E-state index in [1.54, 1.807) is 30.3 Å². The van der Waals surface area contributed by atoms with Gasteiger partial charge in [-0.2, -0.15) is 0 Å². The molecule has 180 valence electrons. The summed E-state index contributed by atoms with van der Waals surface area (Å²) >= 11 is 0. The Morgan fingerprint density at radius 2 is 1.80 bits per heavy atom. The first-order chi connectivity index (χ1) is 16.9. The fourth-order valence-corrected chi connectivity index (χ4v) is 3.94. The van der Waals surface area contributed by atoms with E-state index in [1.807, 2.05) is 24.3 Å². The Kier molecular flexibility index (Phi) is 7.30. The van der Waals surface area contributed by atoms with Gasteiger partial charge in [0.1, 0.15) is 5.82 Å². The summed E-state index contributed by atoms with van der Waals surface area (Å²) in [6.45, 7) is 0.0597. The molecule has 0 aliphatic heterocycles. The van der Waals surface area contributed by atoms with Crippen LogP contribution in [-0.4, -0.2) is 30.5 Å². The van der Waals surface area contributed by atoms with Crippen molar-refractivity contribution in [2.45, 2.75) is 19.4 Å². The fourth-order valence-electron chi connectivity index (χ4n) is 3.94. The molecule has 0 aliphatic carbocycles. The number of hydrogen-bond donors (Lipinski definition) is 3. The van der Waals surface area contributed by atoms with E-state index in [-0.39, 0.29) is 24.8 Å². The first kappa shape index (κ1) is 23.8. The molecule has 1 aromatic heterocycles. The van der Waals surface area contributed by atoms with Gasteiger partial charge in [0.25, 0.3) is 5.91 Å². The van der Waals surface area contributed by atoms with Crippen molar-refractivity contribution in [1.82, 2.24) is 10.3 Å². The topological polar surface area (TPSA) is 106 Å². The number of aryl methyl sites for hydroxylation is 1. The fraction of sp³-hybridized carbons (Fsp3) is 0.185. The number of halogens is 1. The van der Waals surface area contributed by atoms with Gasteiger partial charge in [-0.1, -0.05) is 24.3 Å². The minimum Gasteiger partial charge on any atom is -0.493 e. The predicted octanol–water partition coefficient (Wildman–Crippen LogP) is 4.10. The van der Waals surface area contributed by atoms with Gasteiger partial charge in [-0.25, -0.2) is 4.39 Å². The van der Waals surface area contributed by atoms with Crippen LogP contribution in [0.4, 0.5) is 4.39 Å². The molecule has 0 radical (unpaired) electrons. The van der Waals surface area contributed by atoms with Crippen LogP contribution >= 0.6 is 0 Å². The molecule has 8 heteroatoms. The third kappa shape index (κ3) is 5.78. The molecular formula is C27H26FN3O4. The quantitative estimate of drug-likeness (QED) is 0.321. The summed E-state index contributed by atoms with van der Waals surface area (Å²) in [5, 5.41) is 3.97. The van der Waals surface area contributed by atoms with Gasteiger partial charge in [-0.3, -0.25) is 9.59 Å². The summed E-state index contributed by atoms with van der Waals surface area (Å²) in [4.78, 5) is 27.0. The Morgan fingerprint density at radius 1 is 1.03 bits per heavy atom. The average Bonchev–Trinajstić information content (AvgIpc) is 3.24. The second-order valence-corrected chi connectivity index (χ2v) is 8.05. The van der Waals surface area contributed by atoms with Crippen LogP contribution in [0.5, 0.6) is 11.5 Å². The van der Waals surface area contributed by atoms with Crippen molar-refractivity contribution < 1.29 is 23.5 Å². The Bertz CT molecular complexity index is 1350. The summed E-state index contributed by atoms with van der Waals surface area (Å²) in [6.07, 6.45) is 0.804. The van der Waals surface area contributed by atoms with E-state index in [0.717, 1.165) is 33.3 Å². The molecule has 0 spiro atoms. The molecule has 0 atom stereocenters. The van der Waals surface area contributed by atoms with Crippen molar-refractivity contribution in [1.29, 1.82) is 0 Å². The van der Waals surface area contributed by atoms with E-state index in [4.69, 9.17) is 15.2 Å². The van der Waals surface area contributed by atoms with Gasteiger partial charge in [-0.15, -0.1) is 0 Å². The van der Waals surface area contributed by atoms with Crippen molar-refractivity contribution in [3.05, 3.63) is 83.7 Å². The molecule has 35 heavy (non-hydrogen) atoms. The van der Waals surface area contributed by atoms with Crippen LogP contribution in [0.2, 0.25) is 0 Å². The number of para-hydroxylation sites is 1. The highest BCUT2D eigenvalue weighted by Gasteiger charge is 2.15. The molecule has 4 N–H and O–H groups in total. The normalized spacial score (nSPS) is 10.8. The van der Waals surface area contributed by atoms with Gasteiger partial charge in [0.2, 0.25) is 5.91 Å². The van der Waals surface area contributed by atoms with Crippen LogP contribution in [0, 0.1) is 5.82 Å². The number of hydrogen-bond acceptors (Lipinski definition) is 4. The lowest BCUT2D eigenvalue weighted by Gasteiger charge is -2.12. The summed E-state index contributed by atoms with van der Waals surface area (Å²) < 4.78 is 24.1. The molecule has 0 saturated heterocycles. The lowest BCUT2D eigenvalue weighted by molar-refractivity contribution is -0.121. The number of nitrogens with one attached hydrogen (secondary N) is 2. The summed E-state index contributed by atoms with van der Waals surface area (Å²) in [5.74, 6) is -0.140. The maximum atomic E-state index is 13.4. The molecule has 0 saturated carbocycles. The van der Waals surface area contributed by atoms with E-state index in [0.29, 0.717) is 24.5 Å². The highest BCUT2D eigenvalue weighted by molar-refractivity contribution is 5.91. The number of rotatable bonds is 10. The molecule has 1 heterocycles. The molecule has 0 unspecified atom stereocenters. The van der Waals surface area contributed by atoms with E-state index in [1.165, 1.54) is 19.2 Å². The second kappa shape index (κ2) is 10.7. The number of ether oxygens (including phenoxy) is 2. The number of fused-ring (bicyclic) bond motifs is 1. The van der Waals surface area contributed by atoms with Crippen molar-refractivity contribution in [3.63, 3.8) is 0 Å². The Labute approximate surface area is 202 Å². The smallest absolute Gasteiger partial charge is 0.255 e. The van der Waals surface area contributed by atoms with Crippen molar-refractivity contribution in [3.8, 4) is 22.8 Å². The maximum Gasteiger partial charge on any atom is 0.255 e. The number of aromatic nitrogens is 1. The first-order valence-corrected chi connectivity index (χ1v) is 11.1. The molecule has 0 bridgehead atoms. The molecule has 7 nitrogen and oxygen atoms in total. The van der Waals surface area contributed by atoms with Gasteiger partial charge in [0, 0.05) is 29.6 Å². The summed E-state index contributed by atoms with van der Waals surface area (Å²) in [6, 6.07) is 19.4. The lowest BCUT2D eigenvalue weighted by Crippen LogP contribution is -2.23. The number of nitrogens with two attached hydrogens (primary N) is 1. The van der Waals surface area contributed by atoms with Gasteiger partial charge in [0.15, 0.2) is 18.1 Å². The summed E-state index contributed by atoms with van der Waals surface area (Å²) in [7, 11) is 1.49. The molecule has 4 rings (SSSR count). The minimum absolute atomic E-state index is 0.103. The molecule has 3 aromatic carbocycles. The zero-order valence-electron chi connectivity index (χ0n) is 19.3. The summed E-state index contributed by atoms with van der Waals surface area (Å²) in [5.41, 5.74) is 9.66. The highest BCUT2D eigenvalue weighted by atomic mass is 19.1. The predicted molar refractivity (Wildman–Crippen MR) is 132 cm³/mol. The third-order valence-corrected chi connectivity index (χ3v) is 5.64. The van der Waals surface area contributed by atoms with Crippen molar-refractivity contribution in [2.75, 3.05) is 13.7 Å². The van der Waals surface area contributed by atoms with Gasteiger partial charge in [-0.05, 0) is 65.6 Å². The maximum absolute atomic E-state index is 13.4. The average molecular weight is 476 g/mol. The zero-order valence-corrected chi connectivity index (χ0v) is 19.3.